The SMILES string of the molecule is C[C@@H](O)[C@H](NC(=O)[C@H](CC(N)=O)NC(=O)[C@H](CCC(N)=O)NC(=O)[C@@H]1CCCN1C(=O)[C@H](Cc1cnc[nH]1)NC(=O)[C@@H](N)CO)C(=O)O. The van der Waals surface area contributed by atoms with Gasteiger partial charge in [-0.25, -0.2) is 9.78 Å². The lowest BCUT2D eigenvalue weighted by Crippen LogP contribution is -2.60. The van der Waals surface area contributed by atoms with Gasteiger partial charge in [0.2, 0.25) is 41.4 Å². The minimum Gasteiger partial charge on any atom is -0.480 e. The number of H-pyrrole nitrogens is 1. The number of aliphatic hydroxyl groups is 2. The number of primary amides is 2. The Bertz CT molecular complexity index is 1340. The third kappa shape index (κ3) is 11.6. The number of aliphatic carboxylic acids is 1. The van der Waals surface area contributed by atoms with Crippen LogP contribution in [0.5, 0.6) is 0 Å². The van der Waals surface area contributed by atoms with Crippen LogP contribution in [0.15, 0.2) is 12.5 Å². The number of carboxylic acid groups (broad SMARTS) is 1. The van der Waals surface area contributed by atoms with Gasteiger partial charge < -0.3 is 63.7 Å². The number of carbonyl (C=O) groups excluding carboxylic acids is 7. The van der Waals surface area contributed by atoms with E-state index in [0.29, 0.717) is 12.1 Å². The maximum Gasteiger partial charge on any atom is 0.328 e. The number of carboxylic acids is 1. The van der Waals surface area contributed by atoms with Gasteiger partial charge in [-0.15, -0.1) is 0 Å². The minimum absolute atomic E-state index is 0.0711. The molecule has 0 radical (unpaired) electrons. The number of aromatic nitrogens is 2. The van der Waals surface area contributed by atoms with E-state index in [0.717, 1.165) is 6.92 Å². The zero-order valence-corrected chi connectivity index (χ0v) is 26.1. The van der Waals surface area contributed by atoms with Crippen LogP contribution in [0.25, 0.3) is 0 Å². The monoisotopic (exact) mass is 682 g/mol. The van der Waals surface area contributed by atoms with Crippen molar-refractivity contribution in [3.8, 4) is 0 Å². The van der Waals surface area contributed by atoms with E-state index in [4.69, 9.17) is 17.2 Å². The molecule has 1 saturated heterocycles. The summed E-state index contributed by atoms with van der Waals surface area (Å²) in [7, 11) is 0. The van der Waals surface area contributed by atoms with Crippen LogP contribution in [0.2, 0.25) is 0 Å². The second-order valence-electron chi connectivity index (χ2n) is 11.2. The number of hydrogen-bond acceptors (Lipinski definition) is 12. The van der Waals surface area contributed by atoms with Crippen molar-refractivity contribution < 1.29 is 53.7 Å². The number of hydrogen-bond donors (Lipinski definition) is 11. The molecule has 14 N–H and O–H groups in total. The van der Waals surface area contributed by atoms with Gasteiger partial charge in [-0.1, -0.05) is 0 Å². The summed E-state index contributed by atoms with van der Waals surface area (Å²) in [6.45, 7) is 0.485. The lowest BCUT2D eigenvalue weighted by molar-refractivity contribution is -0.145. The Morgan fingerprint density at radius 2 is 1.62 bits per heavy atom. The van der Waals surface area contributed by atoms with E-state index < -0.39 is 109 Å². The molecule has 1 aliphatic rings. The Hall–Kier alpha value is -5.15. The van der Waals surface area contributed by atoms with E-state index in [-0.39, 0.29) is 25.8 Å². The van der Waals surface area contributed by atoms with Gasteiger partial charge in [-0.3, -0.25) is 33.6 Å². The Labute approximate surface area is 273 Å². The normalized spacial score (nSPS) is 17.9. The molecule has 0 saturated carbocycles. The van der Waals surface area contributed by atoms with Crippen LogP contribution in [-0.2, 0) is 44.8 Å². The van der Waals surface area contributed by atoms with Crippen molar-refractivity contribution in [2.24, 2.45) is 17.2 Å². The maximum atomic E-state index is 13.7. The number of aromatic amines is 1. The molecule has 7 atom stereocenters. The van der Waals surface area contributed by atoms with E-state index in [2.05, 4.69) is 25.9 Å². The fraction of sp³-hybridized carbons (Fsp3) is 0.593. The van der Waals surface area contributed by atoms with E-state index >= 15 is 0 Å². The van der Waals surface area contributed by atoms with Crippen LogP contribution in [0.1, 0.15) is 44.7 Å². The molecule has 0 spiro atoms. The average molecular weight is 683 g/mol. The van der Waals surface area contributed by atoms with Gasteiger partial charge in [-0.05, 0) is 26.2 Å². The molecular weight excluding hydrogens is 640 g/mol. The predicted molar refractivity (Wildman–Crippen MR) is 161 cm³/mol. The number of imidazole rings is 1. The van der Waals surface area contributed by atoms with Crippen LogP contribution >= 0.6 is 0 Å². The first-order chi connectivity index (χ1) is 22.5. The number of carbonyl (C=O) groups is 8. The van der Waals surface area contributed by atoms with Gasteiger partial charge >= 0.3 is 5.97 Å². The number of nitrogens with zero attached hydrogens (tertiary/aromatic N) is 2. The molecule has 1 fully saturated rings. The molecule has 2 heterocycles. The smallest absolute Gasteiger partial charge is 0.328 e. The van der Waals surface area contributed by atoms with Gasteiger partial charge in [0.15, 0.2) is 6.04 Å². The van der Waals surface area contributed by atoms with Crippen molar-refractivity contribution in [1.82, 2.24) is 36.1 Å². The summed E-state index contributed by atoms with van der Waals surface area (Å²) < 4.78 is 0. The van der Waals surface area contributed by atoms with E-state index in [9.17, 15) is 53.7 Å². The standard InChI is InChI=1S/C27H42N10O11/c1-12(39)21(27(47)48)36-24(44)16(8-20(30)41)34-23(43)15(4-5-19(29)40)33-25(45)18-3-2-6-37(18)26(46)17(7-13-9-31-11-32-13)35-22(42)14(28)10-38/h9,11-12,14-18,21,38-39H,2-8,10,28H2,1H3,(H2,29,40)(H2,30,41)(H,31,32)(H,33,45)(H,34,43)(H,35,42)(H,36,44)(H,47,48)/t12-,14+,15+,16+,17+,18+,21+/m1/s1. The number of nitrogens with two attached hydrogens (primary N) is 3. The Morgan fingerprint density at radius 3 is 2.17 bits per heavy atom. The molecule has 0 bridgehead atoms. The molecule has 48 heavy (non-hydrogen) atoms. The van der Waals surface area contributed by atoms with Gasteiger partial charge in [0.1, 0.15) is 30.2 Å². The highest BCUT2D eigenvalue weighted by Crippen LogP contribution is 2.20. The third-order valence-electron chi connectivity index (χ3n) is 7.36. The zero-order valence-electron chi connectivity index (χ0n) is 26.1. The van der Waals surface area contributed by atoms with Crippen LogP contribution in [-0.4, -0.2) is 133 Å². The summed E-state index contributed by atoms with van der Waals surface area (Å²) in [5.41, 5.74) is 16.5. The highest BCUT2D eigenvalue weighted by molar-refractivity contribution is 5.98. The molecule has 21 heteroatoms. The Kier molecular flexibility index (Phi) is 14.8. The first-order valence-corrected chi connectivity index (χ1v) is 14.9. The number of rotatable bonds is 19. The van der Waals surface area contributed by atoms with Crippen molar-refractivity contribution in [3.05, 3.63) is 18.2 Å². The van der Waals surface area contributed by atoms with Crippen molar-refractivity contribution in [1.29, 1.82) is 0 Å². The van der Waals surface area contributed by atoms with Crippen LogP contribution < -0.4 is 38.5 Å². The van der Waals surface area contributed by atoms with Crippen LogP contribution in [0.3, 0.4) is 0 Å². The molecular formula is C27H42N10O11. The molecule has 1 aromatic rings. The Balaban J connectivity index is 2.28. The van der Waals surface area contributed by atoms with Gasteiger partial charge in [0.05, 0.1) is 25.5 Å². The lowest BCUT2D eigenvalue weighted by Gasteiger charge is -2.30. The number of aliphatic hydroxyl groups excluding tert-OH is 2. The molecule has 0 unspecified atom stereocenters. The third-order valence-corrected chi connectivity index (χ3v) is 7.36. The largest absolute Gasteiger partial charge is 0.480 e. The first-order valence-electron chi connectivity index (χ1n) is 14.9. The van der Waals surface area contributed by atoms with Crippen molar-refractivity contribution >= 4 is 47.3 Å². The summed E-state index contributed by atoms with van der Waals surface area (Å²) in [5, 5.41) is 37.3. The van der Waals surface area contributed by atoms with Gasteiger partial charge in [0.25, 0.3) is 0 Å². The van der Waals surface area contributed by atoms with E-state index in [1.54, 1.807) is 0 Å². The molecule has 1 aliphatic heterocycles. The van der Waals surface area contributed by atoms with Gasteiger partial charge in [0, 0.05) is 31.3 Å². The fourth-order valence-corrected chi connectivity index (χ4v) is 4.83. The molecule has 2 rings (SSSR count). The molecule has 7 amide bonds. The lowest BCUT2D eigenvalue weighted by atomic mass is 10.1. The highest BCUT2D eigenvalue weighted by atomic mass is 16.4. The van der Waals surface area contributed by atoms with Gasteiger partial charge in [-0.2, -0.15) is 0 Å². The summed E-state index contributed by atoms with van der Waals surface area (Å²) in [5.74, 6) is -8.10. The minimum atomic E-state index is -1.80. The second-order valence-corrected chi connectivity index (χ2v) is 11.2. The molecule has 0 aromatic carbocycles. The maximum absolute atomic E-state index is 13.7. The summed E-state index contributed by atoms with van der Waals surface area (Å²) in [6, 6.07) is -8.80. The summed E-state index contributed by atoms with van der Waals surface area (Å²) in [6.07, 6.45) is 0.0701. The molecule has 266 valence electrons. The van der Waals surface area contributed by atoms with E-state index in [1.165, 1.54) is 17.4 Å². The first kappa shape index (κ1) is 39.0. The van der Waals surface area contributed by atoms with Crippen LogP contribution in [0.4, 0.5) is 0 Å². The quantitative estimate of drug-likeness (QED) is 0.0648. The number of amides is 7. The summed E-state index contributed by atoms with van der Waals surface area (Å²) in [4.78, 5) is 108. The molecule has 1 aromatic heterocycles. The number of likely N-dealkylation sites (tertiary alicyclic amines) is 1. The predicted octanol–water partition coefficient (Wildman–Crippen LogP) is -6.19. The fourth-order valence-electron chi connectivity index (χ4n) is 4.83. The number of nitrogens with one attached hydrogen (secondary N) is 5. The van der Waals surface area contributed by atoms with E-state index in [1.807, 2.05) is 5.32 Å². The topological polar surface area (TPSA) is 355 Å². The van der Waals surface area contributed by atoms with Crippen molar-refractivity contribution in [2.75, 3.05) is 13.2 Å². The molecule has 21 nitrogen and oxygen atoms in total. The van der Waals surface area contributed by atoms with Crippen molar-refractivity contribution in [2.45, 2.75) is 87.8 Å². The zero-order chi connectivity index (χ0) is 36.1. The second kappa shape index (κ2) is 18.3. The Morgan fingerprint density at radius 1 is 0.979 bits per heavy atom. The molecule has 0 aliphatic carbocycles. The average Bonchev–Trinajstić information content (AvgIpc) is 3.72. The highest BCUT2D eigenvalue weighted by Gasteiger charge is 2.40. The van der Waals surface area contributed by atoms with Crippen LogP contribution in [0, 0.1) is 0 Å². The van der Waals surface area contributed by atoms with Crippen molar-refractivity contribution in [3.63, 3.8) is 0 Å². The summed E-state index contributed by atoms with van der Waals surface area (Å²) >= 11 is 0.